The van der Waals surface area contributed by atoms with Crippen LogP contribution in [-0.2, 0) is 36.5 Å². The number of ketones is 2. The smallest absolute Gasteiger partial charge is 0.196 e. The third kappa shape index (κ3) is 13.6. The number of para-hydroxylation sites is 2. The van der Waals surface area contributed by atoms with E-state index in [2.05, 4.69) is 101 Å². The molecule has 0 aromatic heterocycles. The van der Waals surface area contributed by atoms with Crippen LogP contribution in [0.1, 0.15) is 80.1 Å². The van der Waals surface area contributed by atoms with E-state index in [4.69, 9.17) is 17.5 Å². The summed E-state index contributed by atoms with van der Waals surface area (Å²) in [5.74, 6) is 0.222. The van der Waals surface area contributed by atoms with Crippen molar-refractivity contribution in [1.29, 1.82) is 0 Å². The number of piperidine rings is 2. The number of hydrogen-bond donors (Lipinski definition) is 4. The van der Waals surface area contributed by atoms with Gasteiger partial charge in [-0.25, -0.2) is 0 Å². The van der Waals surface area contributed by atoms with Crippen molar-refractivity contribution in [2.45, 2.75) is 80.1 Å². The molecule has 0 atom stereocenters. The minimum atomic E-state index is -5.17. The number of quaternary nitrogens is 2. The second-order valence-electron chi connectivity index (χ2n) is 17.7. The Morgan fingerprint density at radius 2 is 0.914 bits per heavy atom. The van der Waals surface area contributed by atoms with Crippen molar-refractivity contribution in [2.24, 2.45) is 10.8 Å². The van der Waals surface area contributed by atoms with Crippen LogP contribution in [0.5, 0.6) is 0 Å². The van der Waals surface area contributed by atoms with Crippen LogP contribution in [0.15, 0.2) is 119 Å². The van der Waals surface area contributed by atoms with Crippen LogP contribution in [0.4, 0.5) is 11.4 Å². The molecular weight excluding hydrogens is 795 g/mol. The maximum atomic E-state index is 13.9. The van der Waals surface area contributed by atoms with Crippen molar-refractivity contribution in [3.8, 4) is 11.1 Å². The largest absolute Gasteiger partial charge is 0.759 e. The van der Waals surface area contributed by atoms with Gasteiger partial charge in [-0.15, -0.1) is 0 Å². The fourth-order valence-corrected chi connectivity index (χ4v) is 7.76. The number of nitrogens with one attached hydrogen (secondary N) is 4. The van der Waals surface area contributed by atoms with Gasteiger partial charge < -0.3 is 29.5 Å². The summed E-state index contributed by atoms with van der Waals surface area (Å²) in [7, 11) is -5.17. The maximum Gasteiger partial charge on any atom is 0.196 e. The normalized spacial score (nSPS) is 19.9. The second kappa shape index (κ2) is 20.4. The molecule has 10 nitrogen and oxygen atoms in total. The molecule has 6 rings (SSSR count). The van der Waals surface area contributed by atoms with Gasteiger partial charge in [0.1, 0.15) is 13.1 Å². The molecule has 2 aromatic carbocycles. The average Bonchev–Trinajstić information content (AvgIpc) is 3.15. The minimum absolute atomic E-state index is 0. The first-order valence-electron chi connectivity index (χ1n) is 20.3. The summed E-state index contributed by atoms with van der Waals surface area (Å²) in [6, 6.07) is 16.4. The van der Waals surface area contributed by atoms with E-state index in [0.717, 1.165) is 72.9 Å². The Kier molecular flexibility index (Phi) is 16.4. The molecule has 0 bridgehead atoms. The van der Waals surface area contributed by atoms with Crippen molar-refractivity contribution >= 4 is 33.3 Å². The summed E-state index contributed by atoms with van der Waals surface area (Å²) in [6.45, 7) is 19.4. The van der Waals surface area contributed by atoms with E-state index in [1.54, 1.807) is 0 Å². The molecule has 2 aliphatic heterocycles. The van der Waals surface area contributed by atoms with Gasteiger partial charge in [-0.2, -0.15) is 0 Å². The number of rotatable bonds is 9. The van der Waals surface area contributed by atoms with E-state index >= 15 is 0 Å². The van der Waals surface area contributed by atoms with Gasteiger partial charge in [0.2, 0.25) is 0 Å². The van der Waals surface area contributed by atoms with Crippen molar-refractivity contribution in [3.05, 3.63) is 119 Å². The van der Waals surface area contributed by atoms with Crippen molar-refractivity contribution < 1.29 is 53.4 Å². The molecule has 0 radical (unpaired) electrons. The number of benzene rings is 2. The summed E-state index contributed by atoms with van der Waals surface area (Å²) >= 11 is 0. The van der Waals surface area contributed by atoms with Crippen LogP contribution in [-0.4, -0.2) is 68.4 Å². The fourth-order valence-electron chi connectivity index (χ4n) is 7.76. The number of Topliss-reactive ketones (excluding diaryl/α,β-unsaturated/α-hetero) is 2. The standard InChI is InChI=1S/C46H58N4O2.Ni.H2O4S/c1-45(2,3)37-25-33(43(51)35(27-37)31-49-21-13-7-14-22-49)29-47-41-19-11-9-17-39(41)40-18-10-12-20-42(40)48-30-34-26-38(46(4,5)6)28-36(44(34)52)32-50-23-15-8-16-24-50;;1-5(2,3)4/h9-12,17-20,25-30,47-48H,7-8,13-16,21-24,31-32H2,1-6H3;;(H2,1,2,3,4). The summed E-state index contributed by atoms with van der Waals surface area (Å²) in [5.41, 5.74) is 9.24. The van der Waals surface area contributed by atoms with Crippen LogP contribution in [0.25, 0.3) is 11.1 Å². The van der Waals surface area contributed by atoms with Gasteiger partial charge in [-0.3, -0.25) is 18.0 Å². The first-order chi connectivity index (χ1) is 26.9. The molecule has 12 heteroatoms. The van der Waals surface area contributed by atoms with Crippen molar-refractivity contribution in [2.75, 3.05) is 49.9 Å². The summed E-state index contributed by atoms with van der Waals surface area (Å²) in [4.78, 5) is 30.8. The minimum Gasteiger partial charge on any atom is -0.759 e. The molecule has 2 saturated heterocycles. The SMILES string of the molecule is CC(C)(C)C1=CC(=CNc2ccccc2-c2ccccc2NC=C2C=C(C(C)(C)C)C=C(C[NH+]3CCCCC3)C2=O)C(=O)C(C[NH+]2CCCCC2)=C1.O=S(=O)([O-])[O-].[Ni]. The zero-order valence-corrected chi connectivity index (χ0v) is 36.5. The van der Waals surface area contributed by atoms with E-state index in [9.17, 15) is 9.59 Å². The Hall–Kier alpha value is -3.90. The molecule has 316 valence electrons. The van der Waals surface area contributed by atoms with Gasteiger partial charge in [0.25, 0.3) is 0 Å². The van der Waals surface area contributed by atoms with Gasteiger partial charge >= 0.3 is 0 Å². The third-order valence-corrected chi connectivity index (χ3v) is 11.0. The summed E-state index contributed by atoms with van der Waals surface area (Å²) in [6.07, 6.45) is 19.7. The number of allylic oxidation sites excluding steroid dienone is 8. The Labute approximate surface area is 355 Å². The number of hydrogen-bond acceptors (Lipinski definition) is 8. The predicted octanol–water partition coefficient (Wildman–Crippen LogP) is 5.71. The number of carbonyl (C=O) groups is 2. The molecule has 0 unspecified atom stereocenters. The van der Waals surface area contributed by atoms with Gasteiger partial charge in [0.05, 0.1) is 37.3 Å². The van der Waals surface area contributed by atoms with Crippen LogP contribution in [0, 0.1) is 10.8 Å². The number of anilines is 2. The monoisotopic (exact) mass is 854 g/mol. The summed E-state index contributed by atoms with van der Waals surface area (Å²) in [5, 5.41) is 7.07. The quantitative estimate of drug-likeness (QED) is 0.109. The number of carbonyl (C=O) groups excluding carboxylic acids is 2. The Morgan fingerprint density at radius 1 is 0.586 bits per heavy atom. The van der Waals surface area contributed by atoms with E-state index in [1.807, 2.05) is 36.7 Å². The second-order valence-corrected chi connectivity index (χ2v) is 18.5. The van der Waals surface area contributed by atoms with Crippen LogP contribution in [0.2, 0.25) is 0 Å². The first-order valence-corrected chi connectivity index (χ1v) is 21.6. The van der Waals surface area contributed by atoms with Gasteiger partial charge in [0.15, 0.2) is 11.6 Å². The number of likely N-dealkylation sites (tertiary alicyclic amines) is 2. The molecular formula is C46H60N4NiO6S. The Morgan fingerprint density at radius 3 is 1.24 bits per heavy atom. The molecule has 58 heavy (non-hydrogen) atoms. The molecule has 4 aliphatic rings. The maximum absolute atomic E-state index is 13.9. The molecule has 2 aliphatic carbocycles. The Balaban J connectivity index is 0.00000117. The zero-order chi connectivity index (χ0) is 41.4. The molecule has 2 heterocycles. The first kappa shape index (κ1) is 46.8. The topological polar surface area (TPSA) is 147 Å². The van der Waals surface area contributed by atoms with Gasteiger partial charge in [-0.1, -0.05) is 77.9 Å². The third-order valence-electron chi connectivity index (χ3n) is 11.0. The van der Waals surface area contributed by atoms with E-state index in [-0.39, 0.29) is 38.9 Å². The molecule has 0 spiro atoms. The van der Waals surface area contributed by atoms with Crippen LogP contribution in [0.3, 0.4) is 0 Å². The van der Waals surface area contributed by atoms with Gasteiger partial charge in [0, 0.05) is 72.9 Å². The van der Waals surface area contributed by atoms with Gasteiger partial charge in [-0.05, 0) is 96.9 Å². The molecule has 2 aromatic rings. The fraction of sp³-hybridized carbons (Fsp3) is 0.435. The molecule has 0 amide bonds. The summed E-state index contributed by atoms with van der Waals surface area (Å²) < 4.78 is 34.1. The molecule has 2 fully saturated rings. The van der Waals surface area contributed by atoms with Crippen molar-refractivity contribution in [1.82, 2.24) is 0 Å². The zero-order valence-electron chi connectivity index (χ0n) is 34.7. The van der Waals surface area contributed by atoms with Crippen LogP contribution < -0.4 is 20.4 Å². The van der Waals surface area contributed by atoms with E-state index in [1.165, 1.54) is 59.5 Å². The average molecular weight is 856 g/mol. The van der Waals surface area contributed by atoms with Crippen LogP contribution >= 0.6 is 0 Å². The molecule has 4 N–H and O–H groups in total. The predicted molar refractivity (Wildman–Crippen MR) is 226 cm³/mol. The van der Waals surface area contributed by atoms with E-state index < -0.39 is 10.4 Å². The van der Waals surface area contributed by atoms with Crippen molar-refractivity contribution in [3.63, 3.8) is 0 Å². The molecule has 0 saturated carbocycles. The Bertz CT molecular complexity index is 1960. The van der Waals surface area contributed by atoms with E-state index in [0.29, 0.717) is 11.1 Å².